The Morgan fingerprint density at radius 1 is 1.33 bits per heavy atom. The molecule has 0 aliphatic heterocycles. The largest absolute Gasteiger partial charge is 0.493 e. The fourth-order valence-electron chi connectivity index (χ4n) is 2.76. The van der Waals surface area contributed by atoms with E-state index in [1.54, 1.807) is 32.2 Å². The maximum atomic E-state index is 12.9. The number of hydrogen-bond donors (Lipinski definition) is 0. The van der Waals surface area contributed by atoms with Gasteiger partial charge in [-0.25, -0.2) is 4.98 Å². The maximum Gasteiger partial charge on any atom is 0.282 e. The summed E-state index contributed by atoms with van der Waals surface area (Å²) < 4.78 is 14.0. The molecule has 0 N–H and O–H groups in total. The summed E-state index contributed by atoms with van der Waals surface area (Å²) in [5, 5.41) is 5.20. The van der Waals surface area contributed by atoms with Crippen molar-refractivity contribution in [1.29, 1.82) is 0 Å². The van der Waals surface area contributed by atoms with E-state index in [0.717, 1.165) is 10.9 Å². The maximum absolute atomic E-state index is 12.9. The molecule has 0 aliphatic rings. The Labute approximate surface area is 196 Å². The number of benzene rings is 2. The minimum absolute atomic E-state index is 0.0213. The van der Waals surface area contributed by atoms with Crippen LogP contribution >= 0.6 is 43.5 Å². The molecule has 0 saturated heterocycles. The van der Waals surface area contributed by atoms with Crippen LogP contribution in [0.1, 0.15) is 31.7 Å². The highest BCUT2D eigenvalue weighted by atomic mass is 79.9. The molecule has 0 aliphatic carbocycles. The highest BCUT2D eigenvalue weighted by molar-refractivity contribution is 9.10. The quantitative estimate of drug-likeness (QED) is 0.351. The van der Waals surface area contributed by atoms with Crippen LogP contribution in [0.3, 0.4) is 0 Å². The van der Waals surface area contributed by atoms with Gasteiger partial charge in [0.15, 0.2) is 11.5 Å². The van der Waals surface area contributed by atoms with Crippen molar-refractivity contribution in [1.82, 2.24) is 9.66 Å². The third-order valence-electron chi connectivity index (χ3n) is 4.55. The molecule has 30 heavy (non-hydrogen) atoms. The average molecular weight is 558 g/mol. The zero-order valence-electron chi connectivity index (χ0n) is 16.9. The summed E-state index contributed by atoms with van der Waals surface area (Å²) in [6.45, 7) is 5.71. The number of methoxy groups -OCH3 is 1. The Morgan fingerprint density at radius 2 is 2.07 bits per heavy atom. The first-order chi connectivity index (χ1) is 14.3. The second-order valence-corrected chi connectivity index (χ2v) is 8.73. The van der Waals surface area contributed by atoms with E-state index in [1.807, 2.05) is 19.9 Å². The molecular formula is C21H20Br2ClN3O3. The molecule has 0 saturated carbocycles. The van der Waals surface area contributed by atoms with Gasteiger partial charge in [-0.15, -0.1) is 0 Å². The summed E-state index contributed by atoms with van der Waals surface area (Å²) in [6, 6.07) is 7.12. The molecule has 3 aromatic rings. The smallest absolute Gasteiger partial charge is 0.282 e. The van der Waals surface area contributed by atoms with Crippen molar-refractivity contribution < 1.29 is 9.47 Å². The topological polar surface area (TPSA) is 65.7 Å². The van der Waals surface area contributed by atoms with Gasteiger partial charge in [-0.2, -0.15) is 9.78 Å². The lowest BCUT2D eigenvalue weighted by molar-refractivity contribution is 0.207. The Hall–Kier alpha value is -1.90. The van der Waals surface area contributed by atoms with Crippen molar-refractivity contribution in [2.75, 3.05) is 7.11 Å². The van der Waals surface area contributed by atoms with Gasteiger partial charge < -0.3 is 9.47 Å². The molecule has 1 heterocycles. The molecular weight excluding hydrogens is 538 g/mol. The molecule has 0 radical (unpaired) electrons. The van der Waals surface area contributed by atoms with Crippen LogP contribution in [0.4, 0.5) is 0 Å². The third kappa shape index (κ3) is 4.55. The minimum atomic E-state index is -0.263. The number of aryl methyl sites for hydroxylation is 1. The molecule has 9 heteroatoms. The van der Waals surface area contributed by atoms with E-state index in [4.69, 9.17) is 21.1 Å². The molecule has 1 atom stereocenters. The standard InChI is InChI=1S/C21H20Br2ClN3O3/c1-5-11(2)30-20-17(29-4)8-13(18(23)19(20)24)10-25-27-12(3)26-16-7-6-14(22)9-15(16)21(27)28/h6-11H,5H2,1-4H3/t11-/m1/s1. The van der Waals surface area contributed by atoms with E-state index in [9.17, 15) is 4.79 Å². The summed E-state index contributed by atoms with van der Waals surface area (Å²) in [4.78, 5) is 17.4. The van der Waals surface area contributed by atoms with E-state index >= 15 is 0 Å². The van der Waals surface area contributed by atoms with Gasteiger partial charge in [0.2, 0.25) is 0 Å². The molecule has 3 rings (SSSR count). The zero-order chi connectivity index (χ0) is 22.0. The zero-order valence-corrected chi connectivity index (χ0v) is 20.8. The van der Waals surface area contributed by atoms with E-state index in [-0.39, 0.29) is 11.7 Å². The minimum Gasteiger partial charge on any atom is -0.493 e. The van der Waals surface area contributed by atoms with E-state index in [1.165, 1.54) is 10.9 Å². The van der Waals surface area contributed by atoms with Gasteiger partial charge in [-0.1, -0.05) is 34.5 Å². The Kier molecular flexibility index (Phi) is 7.21. The van der Waals surface area contributed by atoms with Crippen LogP contribution in [-0.2, 0) is 0 Å². The Morgan fingerprint density at radius 3 is 2.73 bits per heavy atom. The molecule has 0 spiro atoms. The number of rotatable bonds is 6. The Bertz CT molecular complexity index is 1190. The predicted molar refractivity (Wildman–Crippen MR) is 128 cm³/mol. The van der Waals surface area contributed by atoms with Crippen molar-refractivity contribution in [3.8, 4) is 11.5 Å². The lowest BCUT2D eigenvalue weighted by Crippen LogP contribution is -2.20. The van der Waals surface area contributed by atoms with Crippen molar-refractivity contribution >= 4 is 60.6 Å². The van der Waals surface area contributed by atoms with Crippen LogP contribution in [0.5, 0.6) is 11.5 Å². The van der Waals surface area contributed by atoms with Crippen LogP contribution in [0, 0.1) is 6.92 Å². The van der Waals surface area contributed by atoms with Crippen LogP contribution in [0.15, 0.2) is 43.1 Å². The number of ether oxygens (including phenoxy) is 2. The molecule has 2 aromatic carbocycles. The molecule has 0 amide bonds. The van der Waals surface area contributed by atoms with Crippen molar-refractivity contribution in [3.05, 3.63) is 60.0 Å². The third-order valence-corrected chi connectivity index (χ3v) is 6.49. The lowest BCUT2D eigenvalue weighted by atomic mass is 10.2. The summed E-state index contributed by atoms with van der Waals surface area (Å²) in [7, 11) is 1.55. The van der Waals surface area contributed by atoms with E-state index < -0.39 is 0 Å². The molecule has 158 valence electrons. The number of fused-ring (bicyclic) bond motifs is 1. The van der Waals surface area contributed by atoms with Gasteiger partial charge in [0.05, 0.1) is 30.3 Å². The molecule has 0 unspecified atom stereocenters. The molecule has 0 bridgehead atoms. The van der Waals surface area contributed by atoms with E-state index in [0.29, 0.717) is 43.3 Å². The first kappa shape index (κ1) is 22.8. The number of hydrogen-bond acceptors (Lipinski definition) is 5. The predicted octanol–water partition coefficient (Wildman–Crippen LogP) is 5.95. The van der Waals surface area contributed by atoms with Crippen LogP contribution < -0.4 is 15.0 Å². The first-order valence-electron chi connectivity index (χ1n) is 9.22. The fourth-order valence-corrected chi connectivity index (χ4v) is 3.77. The van der Waals surface area contributed by atoms with Gasteiger partial charge >= 0.3 is 0 Å². The number of halogens is 3. The van der Waals surface area contributed by atoms with Crippen LogP contribution in [-0.4, -0.2) is 29.1 Å². The molecule has 0 fully saturated rings. The molecule has 6 nitrogen and oxygen atoms in total. The van der Waals surface area contributed by atoms with Crippen LogP contribution in [0.25, 0.3) is 10.9 Å². The van der Waals surface area contributed by atoms with E-state index in [2.05, 4.69) is 41.9 Å². The van der Waals surface area contributed by atoms with Gasteiger partial charge in [0, 0.05) is 14.5 Å². The van der Waals surface area contributed by atoms with Gasteiger partial charge in [0.25, 0.3) is 5.56 Å². The van der Waals surface area contributed by atoms with Gasteiger partial charge in [-0.3, -0.25) is 4.79 Å². The summed E-state index contributed by atoms with van der Waals surface area (Å²) in [5.74, 6) is 1.41. The second-order valence-electron chi connectivity index (χ2n) is 6.64. The second kappa shape index (κ2) is 9.49. The highest BCUT2D eigenvalue weighted by Crippen LogP contribution is 2.42. The summed E-state index contributed by atoms with van der Waals surface area (Å²) in [6.07, 6.45) is 2.34. The SMILES string of the molecule is CC[C@@H](C)Oc1c(OC)cc(C=Nn2c(C)nc3ccc(Br)cc3c2=O)c(Br)c1Cl. The van der Waals surface area contributed by atoms with Gasteiger partial charge in [-0.05, 0) is 60.5 Å². The highest BCUT2D eigenvalue weighted by Gasteiger charge is 2.18. The van der Waals surface area contributed by atoms with Crippen molar-refractivity contribution in [2.45, 2.75) is 33.3 Å². The monoisotopic (exact) mass is 555 g/mol. The lowest BCUT2D eigenvalue weighted by Gasteiger charge is -2.18. The number of aromatic nitrogens is 2. The Balaban J connectivity index is 2.08. The fraction of sp³-hybridized carbons (Fsp3) is 0.286. The molecule has 1 aromatic heterocycles. The summed E-state index contributed by atoms with van der Waals surface area (Å²) >= 11 is 13.4. The number of nitrogens with zero attached hydrogens (tertiary/aromatic N) is 3. The van der Waals surface area contributed by atoms with Crippen LogP contribution in [0.2, 0.25) is 5.02 Å². The first-order valence-corrected chi connectivity index (χ1v) is 11.2. The normalized spacial score (nSPS) is 12.5. The summed E-state index contributed by atoms with van der Waals surface area (Å²) in [5.41, 5.74) is 0.986. The van der Waals surface area contributed by atoms with Gasteiger partial charge in [0.1, 0.15) is 10.8 Å². The van der Waals surface area contributed by atoms with Crippen molar-refractivity contribution in [2.24, 2.45) is 5.10 Å². The van der Waals surface area contributed by atoms with Crippen molar-refractivity contribution in [3.63, 3.8) is 0 Å². The average Bonchev–Trinajstić information content (AvgIpc) is 2.73.